The van der Waals surface area contributed by atoms with Gasteiger partial charge in [0.25, 0.3) is 0 Å². The van der Waals surface area contributed by atoms with Gasteiger partial charge in [0.05, 0.1) is 11.1 Å². The first-order valence-electron chi connectivity index (χ1n) is 5.53. The molecule has 4 heteroatoms. The molecular formula is C12H14N2O2. The number of nitrogens with one attached hydrogen (secondary N) is 1. The summed E-state index contributed by atoms with van der Waals surface area (Å²) < 4.78 is 5.69. The van der Waals surface area contributed by atoms with E-state index in [9.17, 15) is 4.79 Å². The van der Waals surface area contributed by atoms with E-state index in [2.05, 4.69) is 5.32 Å². The third kappa shape index (κ3) is 1.26. The minimum atomic E-state index is -0.298. The first-order chi connectivity index (χ1) is 7.70. The van der Waals surface area contributed by atoms with Crippen molar-refractivity contribution >= 4 is 17.3 Å². The normalized spacial score (nSPS) is 21.4. The van der Waals surface area contributed by atoms with Gasteiger partial charge in [-0.2, -0.15) is 0 Å². The second kappa shape index (κ2) is 3.14. The zero-order chi connectivity index (χ0) is 11.2. The monoisotopic (exact) mass is 218 g/mol. The fourth-order valence-corrected chi connectivity index (χ4v) is 2.27. The highest BCUT2D eigenvalue weighted by Crippen LogP contribution is 2.45. The molecule has 0 bridgehead atoms. The molecule has 4 nitrogen and oxygen atoms in total. The molecule has 1 aliphatic heterocycles. The lowest BCUT2D eigenvalue weighted by molar-refractivity contribution is -0.132. The summed E-state index contributed by atoms with van der Waals surface area (Å²) in [5, 5.41) is 2.92. The van der Waals surface area contributed by atoms with Gasteiger partial charge in [0.2, 0.25) is 5.91 Å². The van der Waals surface area contributed by atoms with Gasteiger partial charge in [-0.05, 0) is 25.0 Å². The van der Waals surface area contributed by atoms with Crippen LogP contribution in [0.2, 0.25) is 0 Å². The predicted molar refractivity (Wildman–Crippen MR) is 61.3 cm³/mol. The Kier molecular flexibility index (Phi) is 1.87. The zero-order valence-electron chi connectivity index (χ0n) is 8.95. The summed E-state index contributed by atoms with van der Waals surface area (Å²) in [6.45, 7) is 0.468. The number of anilines is 2. The smallest absolute Gasteiger partial charge is 0.234 e. The van der Waals surface area contributed by atoms with Crippen molar-refractivity contribution in [3.05, 3.63) is 18.2 Å². The lowest BCUT2D eigenvalue weighted by atomic mass is 9.69. The minimum Gasteiger partial charge on any atom is -0.490 e. The Morgan fingerprint density at radius 3 is 2.88 bits per heavy atom. The van der Waals surface area contributed by atoms with Crippen LogP contribution < -0.4 is 15.8 Å². The number of fused-ring (bicyclic) bond motifs is 1. The number of amides is 1. The van der Waals surface area contributed by atoms with E-state index in [1.165, 1.54) is 0 Å². The Balaban J connectivity index is 1.96. The Bertz CT molecular complexity index is 452. The molecule has 1 aromatic carbocycles. The van der Waals surface area contributed by atoms with Crippen molar-refractivity contribution < 1.29 is 9.53 Å². The van der Waals surface area contributed by atoms with Gasteiger partial charge >= 0.3 is 0 Å². The Labute approximate surface area is 93.8 Å². The molecule has 1 fully saturated rings. The molecule has 0 saturated heterocycles. The molecule has 0 radical (unpaired) electrons. The standard InChI is InChI=1S/C12H14N2O2/c13-8-2-3-9-10(6-8)16-7-12(4-1-5-12)11(15)14-9/h2-3,6H,1,4-5,7,13H2,(H,14,15). The third-order valence-corrected chi connectivity index (χ3v) is 3.55. The molecule has 84 valence electrons. The third-order valence-electron chi connectivity index (χ3n) is 3.55. The van der Waals surface area contributed by atoms with Crippen molar-refractivity contribution in [2.24, 2.45) is 5.41 Å². The molecule has 0 unspecified atom stereocenters. The summed E-state index contributed by atoms with van der Waals surface area (Å²) in [6.07, 6.45) is 2.94. The number of carbonyl (C=O) groups excluding carboxylic acids is 1. The average Bonchev–Trinajstić information content (AvgIpc) is 2.33. The summed E-state index contributed by atoms with van der Waals surface area (Å²) in [4.78, 5) is 12.0. The van der Waals surface area contributed by atoms with Crippen LogP contribution in [0.4, 0.5) is 11.4 Å². The first kappa shape index (κ1) is 9.51. The minimum absolute atomic E-state index is 0.0854. The van der Waals surface area contributed by atoms with E-state index in [1.54, 1.807) is 18.2 Å². The molecule has 1 saturated carbocycles. The zero-order valence-corrected chi connectivity index (χ0v) is 8.95. The number of hydrogen-bond acceptors (Lipinski definition) is 3. The average molecular weight is 218 g/mol. The molecule has 1 amide bonds. The SMILES string of the molecule is Nc1ccc2c(c1)OCC1(CCC1)C(=O)N2. The van der Waals surface area contributed by atoms with Crippen LogP contribution in [-0.4, -0.2) is 12.5 Å². The van der Waals surface area contributed by atoms with Crippen LogP contribution in [0, 0.1) is 5.41 Å². The van der Waals surface area contributed by atoms with E-state index in [1.807, 2.05) is 0 Å². The van der Waals surface area contributed by atoms with Gasteiger partial charge in [0.1, 0.15) is 12.4 Å². The number of hydrogen-bond donors (Lipinski definition) is 2. The summed E-state index contributed by atoms with van der Waals surface area (Å²) >= 11 is 0. The van der Waals surface area contributed by atoms with Crippen molar-refractivity contribution in [1.82, 2.24) is 0 Å². The molecule has 1 aliphatic carbocycles. The second-order valence-corrected chi connectivity index (χ2v) is 4.63. The molecule has 2 aliphatic rings. The van der Waals surface area contributed by atoms with Gasteiger partial charge in [0.15, 0.2) is 0 Å². The van der Waals surface area contributed by atoms with Gasteiger partial charge < -0.3 is 15.8 Å². The van der Waals surface area contributed by atoms with Crippen LogP contribution in [0.25, 0.3) is 0 Å². The molecule has 3 N–H and O–H groups in total. The fourth-order valence-electron chi connectivity index (χ4n) is 2.27. The van der Waals surface area contributed by atoms with E-state index in [-0.39, 0.29) is 11.3 Å². The summed E-state index contributed by atoms with van der Waals surface area (Å²) in [5.41, 5.74) is 6.77. The fraction of sp³-hybridized carbons (Fsp3) is 0.417. The topological polar surface area (TPSA) is 64.3 Å². The summed E-state index contributed by atoms with van der Waals surface area (Å²) in [7, 11) is 0. The maximum Gasteiger partial charge on any atom is 0.234 e. The number of nitrogens with two attached hydrogens (primary N) is 1. The van der Waals surface area contributed by atoms with Crippen LogP contribution in [0.15, 0.2) is 18.2 Å². The van der Waals surface area contributed by atoms with Crippen LogP contribution in [0.1, 0.15) is 19.3 Å². The number of benzene rings is 1. The maximum absolute atomic E-state index is 12.0. The van der Waals surface area contributed by atoms with Gasteiger partial charge in [-0.1, -0.05) is 6.42 Å². The predicted octanol–water partition coefficient (Wildman–Crippen LogP) is 1.77. The van der Waals surface area contributed by atoms with Gasteiger partial charge in [-0.25, -0.2) is 0 Å². The quantitative estimate of drug-likeness (QED) is 0.652. The number of ether oxygens (including phenoxy) is 1. The van der Waals surface area contributed by atoms with E-state index >= 15 is 0 Å². The molecule has 1 aromatic rings. The molecule has 1 heterocycles. The Morgan fingerprint density at radius 2 is 2.19 bits per heavy atom. The summed E-state index contributed by atoms with van der Waals surface area (Å²) in [6, 6.07) is 5.31. The van der Waals surface area contributed by atoms with Gasteiger partial charge in [0, 0.05) is 11.8 Å². The molecule has 16 heavy (non-hydrogen) atoms. The van der Waals surface area contributed by atoms with Crippen molar-refractivity contribution in [3.63, 3.8) is 0 Å². The second-order valence-electron chi connectivity index (χ2n) is 4.63. The molecule has 0 atom stereocenters. The lowest BCUT2D eigenvalue weighted by Crippen LogP contribution is -2.45. The van der Waals surface area contributed by atoms with E-state index in [0.717, 1.165) is 24.9 Å². The Morgan fingerprint density at radius 1 is 1.38 bits per heavy atom. The molecule has 0 aromatic heterocycles. The number of rotatable bonds is 0. The lowest BCUT2D eigenvalue weighted by Gasteiger charge is -2.37. The van der Waals surface area contributed by atoms with Crippen LogP contribution >= 0.6 is 0 Å². The van der Waals surface area contributed by atoms with Crippen molar-refractivity contribution in [2.45, 2.75) is 19.3 Å². The molecule has 1 spiro atoms. The van der Waals surface area contributed by atoms with Crippen LogP contribution in [0.5, 0.6) is 5.75 Å². The summed E-state index contributed by atoms with van der Waals surface area (Å²) in [5.74, 6) is 0.763. The number of nitrogen functional groups attached to an aromatic ring is 1. The largest absolute Gasteiger partial charge is 0.490 e. The first-order valence-corrected chi connectivity index (χ1v) is 5.53. The van der Waals surface area contributed by atoms with Crippen LogP contribution in [-0.2, 0) is 4.79 Å². The van der Waals surface area contributed by atoms with E-state index in [0.29, 0.717) is 18.0 Å². The highest BCUT2D eigenvalue weighted by molar-refractivity contribution is 5.98. The van der Waals surface area contributed by atoms with E-state index < -0.39 is 0 Å². The van der Waals surface area contributed by atoms with Crippen molar-refractivity contribution in [1.29, 1.82) is 0 Å². The number of carbonyl (C=O) groups is 1. The van der Waals surface area contributed by atoms with Gasteiger partial charge in [-0.3, -0.25) is 4.79 Å². The molecular weight excluding hydrogens is 204 g/mol. The van der Waals surface area contributed by atoms with Crippen LogP contribution in [0.3, 0.4) is 0 Å². The Hall–Kier alpha value is -1.71. The van der Waals surface area contributed by atoms with Gasteiger partial charge in [-0.15, -0.1) is 0 Å². The maximum atomic E-state index is 12.0. The van der Waals surface area contributed by atoms with Crippen molar-refractivity contribution in [2.75, 3.05) is 17.7 Å². The highest BCUT2D eigenvalue weighted by Gasteiger charge is 2.46. The van der Waals surface area contributed by atoms with Crippen molar-refractivity contribution in [3.8, 4) is 5.75 Å². The molecule has 3 rings (SSSR count). The highest BCUT2D eigenvalue weighted by atomic mass is 16.5. The van der Waals surface area contributed by atoms with E-state index in [4.69, 9.17) is 10.5 Å².